The van der Waals surface area contributed by atoms with Gasteiger partial charge in [0.1, 0.15) is 23.0 Å². The summed E-state index contributed by atoms with van der Waals surface area (Å²) in [4.78, 5) is 28.0. The first kappa shape index (κ1) is 59.5. The Morgan fingerprint density at radius 2 is 0.797 bits per heavy atom. The minimum Gasteiger partial charge on any atom is -0.736 e. The molecule has 0 radical (unpaired) electrons. The Kier molecular flexibility index (Phi) is 26.0. The second-order valence-electron chi connectivity index (χ2n) is 18.6. The molecule has 4 aromatic carbocycles. The Bertz CT molecular complexity index is 2090. The monoisotopic (exact) mass is 1030 g/mol. The van der Waals surface area contributed by atoms with Crippen molar-refractivity contribution in [3.8, 4) is 23.0 Å². The topological polar surface area (TPSA) is 117 Å². The molecular formula is C56H80MgO8P2S2. The molecular weight excluding hydrogens is 951 g/mol. The fourth-order valence-electron chi connectivity index (χ4n) is 8.71. The zero-order chi connectivity index (χ0) is 49.1. The maximum atomic E-state index is 13.1. The van der Waals surface area contributed by atoms with Crippen molar-refractivity contribution in [2.45, 2.75) is 217 Å². The number of hydrogen-bond acceptors (Lipinski definition) is 10. The van der Waals surface area contributed by atoms with E-state index in [1.165, 1.54) is 22.3 Å². The summed E-state index contributed by atoms with van der Waals surface area (Å²) in [7, 11) is -9.19. The molecule has 0 saturated heterocycles. The van der Waals surface area contributed by atoms with Crippen LogP contribution in [0.1, 0.15) is 190 Å². The van der Waals surface area contributed by atoms with Gasteiger partial charge in [0.2, 0.25) is 0 Å². The van der Waals surface area contributed by atoms with Crippen LogP contribution in [0.2, 0.25) is 0 Å². The summed E-state index contributed by atoms with van der Waals surface area (Å²) in [6, 6.07) is 20.2. The van der Waals surface area contributed by atoms with Crippen molar-refractivity contribution in [1.82, 2.24) is 0 Å². The molecule has 0 N–H and O–H groups in total. The molecule has 13 heteroatoms. The predicted octanol–water partition coefficient (Wildman–Crippen LogP) is 15.8. The van der Waals surface area contributed by atoms with Crippen molar-refractivity contribution in [2.75, 3.05) is 0 Å². The number of hydrogen-bond donors (Lipinski definition) is 0. The molecule has 2 heterocycles. The van der Waals surface area contributed by atoms with Crippen molar-refractivity contribution in [2.24, 2.45) is 0 Å². The Morgan fingerprint density at radius 1 is 0.464 bits per heavy atom. The molecule has 0 amide bonds. The fraction of sp³-hybridized carbons (Fsp3) is 0.571. The van der Waals surface area contributed by atoms with Crippen LogP contribution in [0.15, 0.2) is 70.5 Å². The van der Waals surface area contributed by atoms with Crippen LogP contribution in [0.5, 0.6) is 23.0 Å². The van der Waals surface area contributed by atoms with Crippen LogP contribution in [-0.2, 0) is 60.5 Å². The second kappa shape index (κ2) is 30.2. The average Bonchev–Trinajstić information content (AvgIpc) is 3.30. The van der Waals surface area contributed by atoms with Crippen molar-refractivity contribution in [3.05, 3.63) is 105 Å². The summed E-state index contributed by atoms with van der Waals surface area (Å²) >= 11 is 3.45. The molecule has 4 bridgehead atoms. The van der Waals surface area contributed by atoms with Crippen molar-refractivity contribution < 1.29 is 37.0 Å². The third-order valence-electron chi connectivity index (χ3n) is 12.7. The van der Waals surface area contributed by atoms with E-state index in [9.17, 15) is 18.9 Å². The van der Waals surface area contributed by atoms with Crippen molar-refractivity contribution >= 4 is 62.2 Å². The van der Waals surface area contributed by atoms with E-state index in [4.69, 9.17) is 18.1 Å². The Labute approximate surface area is 441 Å². The minimum atomic E-state index is -4.59. The van der Waals surface area contributed by atoms with Gasteiger partial charge in [0.15, 0.2) is 0 Å². The van der Waals surface area contributed by atoms with E-state index in [0.717, 1.165) is 173 Å². The molecule has 0 spiro atoms. The SMILES string of the molecule is CCCCc1ccc(OP(=O)([O-])Oc2c3cc(CCCC)cc2SC(CC)C3)c(CCCC)c1.CCCCc1ccc(OP(=O)([O-])Oc2c3cc(CCCC)cc2SC(CC)C3)c(CCCC)c1.[Mg+2]. The summed E-state index contributed by atoms with van der Waals surface area (Å²) in [5.74, 6) is 1.71. The Morgan fingerprint density at radius 3 is 1.12 bits per heavy atom. The number of benzene rings is 4. The van der Waals surface area contributed by atoms with Gasteiger partial charge in [-0.3, -0.25) is 0 Å². The predicted molar refractivity (Wildman–Crippen MR) is 288 cm³/mol. The normalized spacial score (nSPS) is 16.6. The third-order valence-corrected chi connectivity index (χ3v) is 17.2. The molecule has 4 atom stereocenters. The average molecular weight is 1030 g/mol. The van der Waals surface area contributed by atoms with Gasteiger partial charge in [-0.25, -0.2) is 9.13 Å². The van der Waals surface area contributed by atoms with E-state index in [0.29, 0.717) is 33.5 Å². The summed E-state index contributed by atoms with van der Waals surface area (Å²) in [6.07, 6.45) is 22.4. The van der Waals surface area contributed by atoms with E-state index < -0.39 is 15.6 Å². The molecule has 6 rings (SSSR count). The smallest absolute Gasteiger partial charge is 0.736 e. The van der Waals surface area contributed by atoms with Gasteiger partial charge < -0.3 is 27.9 Å². The molecule has 4 unspecified atom stereocenters. The van der Waals surface area contributed by atoms with Gasteiger partial charge in [0, 0.05) is 10.5 Å². The van der Waals surface area contributed by atoms with Gasteiger partial charge in [-0.05, 0) is 172 Å². The summed E-state index contributed by atoms with van der Waals surface area (Å²) in [6.45, 7) is 17.3. The number of phosphoric ester groups is 2. The van der Waals surface area contributed by atoms with E-state index >= 15 is 0 Å². The first-order valence-corrected chi connectivity index (χ1v) is 30.7. The van der Waals surface area contributed by atoms with Crippen LogP contribution in [0.4, 0.5) is 0 Å². The van der Waals surface area contributed by atoms with E-state index in [1.807, 2.05) is 12.1 Å². The summed E-state index contributed by atoms with van der Waals surface area (Å²) in [5, 5.41) is 0.890. The van der Waals surface area contributed by atoms with Crippen LogP contribution in [0, 0.1) is 0 Å². The first-order chi connectivity index (χ1) is 32.8. The number of fused-ring (bicyclic) bond motifs is 4. The maximum absolute atomic E-state index is 13.1. The number of rotatable bonds is 28. The van der Waals surface area contributed by atoms with Crippen molar-refractivity contribution in [3.63, 3.8) is 0 Å². The maximum Gasteiger partial charge on any atom is 2.00 e. The molecule has 2 aliphatic heterocycles. The fourth-order valence-corrected chi connectivity index (χ4v) is 13.2. The molecule has 4 aromatic rings. The second-order valence-corrected chi connectivity index (χ2v) is 23.8. The largest absolute Gasteiger partial charge is 2.00 e. The Balaban J connectivity index is 0.000000296. The summed E-state index contributed by atoms with van der Waals surface area (Å²) in [5.41, 5.74) is 8.82. The molecule has 8 nitrogen and oxygen atoms in total. The molecule has 2 aliphatic rings. The minimum absolute atomic E-state index is 0. The van der Waals surface area contributed by atoms with Crippen LogP contribution >= 0.6 is 39.2 Å². The van der Waals surface area contributed by atoms with Crippen LogP contribution in [0.3, 0.4) is 0 Å². The van der Waals surface area contributed by atoms with Gasteiger partial charge in [-0.15, -0.1) is 23.5 Å². The zero-order valence-corrected chi connectivity index (χ0v) is 48.0. The number of unbranched alkanes of at least 4 members (excludes halogenated alkanes) is 6. The standard InChI is InChI=1S/2C28H41O4PS.Mg/c2*1-5-9-12-21-15-16-26(23(17-21)14-11-7-3)31-33(29,30)32-28-24-18-22(13-10-6-2)19-27(28)34-25(8-4)20-24;/h2*15-19,25H,5-14,20H2,1-4H3,(H,29,30);/q;;+2/p-2. The molecule has 376 valence electrons. The van der Waals surface area contributed by atoms with Crippen molar-refractivity contribution in [1.29, 1.82) is 0 Å². The number of aryl methyl sites for hydroxylation is 6. The first-order valence-electron chi connectivity index (χ1n) is 26.1. The van der Waals surface area contributed by atoms with Crippen LogP contribution in [0.25, 0.3) is 0 Å². The molecule has 0 aromatic heterocycles. The van der Waals surface area contributed by atoms with Crippen LogP contribution < -0.4 is 27.9 Å². The third kappa shape index (κ3) is 18.7. The van der Waals surface area contributed by atoms with Gasteiger partial charge >= 0.3 is 38.7 Å². The molecule has 0 saturated carbocycles. The van der Waals surface area contributed by atoms with Gasteiger partial charge in [-0.2, -0.15) is 0 Å². The van der Waals surface area contributed by atoms with Crippen LogP contribution in [-0.4, -0.2) is 33.6 Å². The van der Waals surface area contributed by atoms with Gasteiger partial charge in [0.05, 0.1) is 9.79 Å². The summed E-state index contributed by atoms with van der Waals surface area (Å²) < 4.78 is 48.7. The van der Waals surface area contributed by atoms with E-state index in [-0.39, 0.29) is 23.1 Å². The van der Waals surface area contributed by atoms with Gasteiger partial charge in [-0.1, -0.05) is 130 Å². The molecule has 0 aliphatic carbocycles. The van der Waals surface area contributed by atoms with E-state index in [2.05, 4.69) is 91.8 Å². The molecule has 69 heavy (non-hydrogen) atoms. The number of phosphoric acid groups is 2. The zero-order valence-electron chi connectivity index (χ0n) is 43.2. The van der Waals surface area contributed by atoms with E-state index in [1.54, 1.807) is 35.7 Å². The number of thioether (sulfide) groups is 2. The van der Waals surface area contributed by atoms with Gasteiger partial charge in [0.25, 0.3) is 0 Å². The Hall–Kier alpha value is -2.07. The molecule has 0 fully saturated rings. The quantitative estimate of drug-likeness (QED) is 0.0402.